The highest BCUT2D eigenvalue weighted by atomic mass is 35.5. The Morgan fingerprint density at radius 3 is 2.56 bits per heavy atom. The molecule has 8 nitrogen and oxygen atoms in total. The van der Waals surface area contributed by atoms with Crippen LogP contribution < -0.4 is 10.9 Å². The van der Waals surface area contributed by atoms with Crippen molar-refractivity contribution in [2.24, 2.45) is 7.05 Å². The maximum Gasteiger partial charge on any atom is 0.255 e. The van der Waals surface area contributed by atoms with Crippen molar-refractivity contribution in [2.75, 3.05) is 31.5 Å². The van der Waals surface area contributed by atoms with E-state index >= 15 is 0 Å². The normalized spacial score (nSPS) is 15.6. The van der Waals surface area contributed by atoms with Crippen LogP contribution in [-0.4, -0.2) is 53.4 Å². The Labute approximate surface area is 217 Å². The monoisotopic (exact) mass is 529 g/mol. The summed E-state index contributed by atoms with van der Waals surface area (Å²) in [7, 11) is -2.14. The standard InChI is InChI=1S/C26H32ClN5O3S/c1-19-14-20(2)30(3)26(33)23(19)17-29-25-24(15-22(27)16-28-25)36(34,35)32-11-7-10-31(12-13-32)18-21-8-5-4-6-9-21/h4-6,8-9,14-16H,7,10-13,17-18H2,1-3H3,(H,28,29). The molecule has 3 heterocycles. The highest BCUT2D eigenvalue weighted by molar-refractivity contribution is 7.89. The smallest absolute Gasteiger partial charge is 0.255 e. The Kier molecular flexibility index (Phi) is 8.14. The van der Waals surface area contributed by atoms with Crippen LogP contribution >= 0.6 is 11.6 Å². The third kappa shape index (κ3) is 5.81. The number of benzene rings is 1. The Balaban J connectivity index is 1.54. The van der Waals surface area contributed by atoms with E-state index in [2.05, 4.69) is 27.3 Å². The molecular formula is C26H32ClN5O3S. The van der Waals surface area contributed by atoms with E-state index in [1.165, 1.54) is 22.1 Å². The molecule has 36 heavy (non-hydrogen) atoms. The first kappa shape index (κ1) is 26.3. The number of anilines is 1. The van der Waals surface area contributed by atoms with E-state index < -0.39 is 10.0 Å². The molecule has 0 unspecified atom stereocenters. The van der Waals surface area contributed by atoms with Crippen LogP contribution in [0.3, 0.4) is 0 Å². The zero-order chi connectivity index (χ0) is 25.9. The second kappa shape index (κ2) is 11.1. The van der Waals surface area contributed by atoms with E-state index in [1.54, 1.807) is 11.6 Å². The average Bonchev–Trinajstić information content (AvgIpc) is 3.10. The number of nitrogens with zero attached hydrogens (tertiary/aromatic N) is 4. The van der Waals surface area contributed by atoms with Crippen molar-refractivity contribution < 1.29 is 8.42 Å². The lowest BCUT2D eigenvalue weighted by Gasteiger charge is -2.23. The minimum absolute atomic E-state index is 0.0214. The first-order chi connectivity index (χ1) is 17.2. The molecule has 2 aromatic heterocycles. The van der Waals surface area contributed by atoms with Gasteiger partial charge in [-0.15, -0.1) is 0 Å². The van der Waals surface area contributed by atoms with Crippen molar-refractivity contribution in [3.05, 3.63) is 86.4 Å². The second-order valence-corrected chi connectivity index (χ2v) is 11.5. The minimum atomic E-state index is -3.86. The summed E-state index contributed by atoms with van der Waals surface area (Å²) in [6.45, 7) is 6.91. The summed E-state index contributed by atoms with van der Waals surface area (Å²) in [6.07, 6.45) is 2.13. The molecule has 3 aromatic rings. The molecule has 1 aromatic carbocycles. The Morgan fingerprint density at radius 1 is 1.06 bits per heavy atom. The van der Waals surface area contributed by atoms with Crippen LogP contribution in [0.5, 0.6) is 0 Å². The Bertz CT molecular complexity index is 1390. The summed E-state index contributed by atoms with van der Waals surface area (Å²) in [4.78, 5) is 19.3. The predicted molar refractivity (Wildman–Crippen MR) is 143 cm³/mol. The molecule has 0 saturated carbocycles. The molecule has 0 atom stereocenters. The second-order valence-electron chi connectivity index (χ2n) is 9.18. The number of halogens is 1. The largest absolute Gasteiger partial charge is 0.365 e. The molecule has 192 valence electrons. The van der Waals surface area contributed by atoms with Crippen LogP contribution in [0.2, 0.25) is 5.02 Å². The molecule has 0 radical (unpaired) electrons. The van der Waals surface area contributed by atoms with Crippen molar-refractivity contribution in [3.8, 4) is 0 Å². The van der Waals surface area contributed by atoms with Crippen molar-refractivity contribution in [1.29, 1.82) is 0 Å². The van der Waals surface area contributed by atoms with E-state index in [-0.39, 0.29) is 27.8 Å². The van der Waals surface area contributed by atoms with Gasteiger partial charge in [-0.2, -0.15) is 4.31 Å². The van der Waals surface area contributed by atoms with Crippen LogP contribution in [-0.2, 0) is 30.2 Å². The number of nitrogens with one attached hydrogen (secondary N) is 1. The highest BCUT2D eigenvalue weighted by Crippen LogP contribution is 2.27. The summed E-state index contributed by atoms with van der Waals surface area (Å²) >= 11 is 6.18. The van der Waals surface area contributed by atoms with Gasteiger partial charge in [0.25, 0.3) is 5.56 Å². The molecule has 1 N–H and O–H groups in total. The van der Waals surface area contributed by atoms with Gasteiger partial charge in [-0.25, -0.2) is 13.4 Å². The third-order valence-corrected chi connectivity index (χ3v) is 8.78. The quantitative estimate of drug-likeness (QED) is 0.503. The number of aryl methyl sites for hydroxylation is 2. The van der Waals surface area contributed by atoms with E-state index in [1.807, 2.05) is 38.1 Å². The zero-order valence-electron chi connectivity index (χ0n) is 20.9. The lowest BCUT2D eigenvalue weighted by Crippen LogP contribution is -2.35. The van der Waals surface area contributed by atoms with Crippen molar-refractivity contribution in [3.63, 3.8) is 0 Å². The molecule has 1 fully saturated rings. The van der Waals surface area contributed by atoms with Crippen LogP contribution in [0, 0.1) is 13.8 Å². The summed E-state index contributed by atoms with van der Waals surface area (Å²) in [5.41, 5.74) is 3.35. The molecule has 4 rings (SSSR count). The van der Waals surface area contributed by atoms with Gasteiger partial charge in [0.15, 0.2) is 0 Å². The maximum absolute atomic E-state index is 13.7. The van der Waals surface area contributed by atoms with Crippen LogP contribution in [0.25, 0.3) is 0 Å². The average molecular weight is 530 g/mol. The number of aromatic nitrogens is 2. The fourth-order valence-electron chi connectivity index (χ4n) is 4.49. The first-order valence-corrected chi connectivity index (χ1v) is 13.8. The van der Waals surface area contributed by atoms with Gasteiger partial charge in [0.1, 0.15) is 10.7 Å². The number of hydrogen-bond acceptors (Lipinski definition) is 6. The number of hydrogen-bond donors (Lipinski definition) is 1. The molecular weight excluding hydrogens is 498 g/mol. The van der Waals surface area contributed by atoms with Gasteiger partial charge in [0.2, 0.25) is 10.0 Å². The first-order valence-electron chi connectivity index (χ1n) is 12.0. The SMILES string of the molecule is Cc1cc(C)n(C)c(=O)c1CNc1ncc(Cl)cc1S(=O)(=O)N1CCCN(Cc2ccccc2)CC1. The fraction of sp³-hybridized carbons (Fsp3) is 0.385. The molecule has 1 aliphatic rings. The lowest BCUT2D eigenvalue weighted by molar-refractivity contribution is 0.278. The van der Waals surface area contributed by atoms with Crippen molar-refractivity contribution >= 4 is 27.4 Å². The van der Waals surface area contributed by atoms with Crippen LogP contribution in [0.15, 0.2) is 58.4 Å². The molecule has 0 aliphatic carbocycles. The predicted octanol–water partition coefficient (Wildman–Crippen LogP) is 3.56. The van der Waals surface area contributed by atoms with Crippen LogP contribution in [0.4, 0.5) is 5.82 Å². The van der Waals surface area contributed by atoms with E-state index in [0.29, 0.717) is 25.2 Å². The van der Waals surface area contributed by atoms with Gasteiger partial charge in [-0.05, 0) is 50.1 Å². The van der Waals surface area contributed by atoms with Gasteiger partial charge >= 0.3 is 0 Å². The van der Waals surface area contributed by atoms with Gasteiger partial charge in [-0.3, -0.25) is 9.69 Å². The third-order valence-electron chi connectivity index (χ3n) is 6.66. The summed E-state index contributed by atoms with van der Waals surface area (Å²) in [6, 6.07) is 13.5. The molecule has 10 heteroatoms. The highest BCUT2D eigenvalue weighted by Gasteiger charge is 2.30. The molecule has 1 aliphatic heterocycles. The number of rotatable bonds is 7. The van der Waals surface area contributed by atoms with Crippen LogP contribution in [0.1, 0.15) is 28.8 Å². The van der Waals surface area contributed by atoms with Gasteiger partial charge in [0.05, 0.1) is 5.02 Å². The van der Waals surface area contributed by atoms with Crippen molar-refractivity contribution in [1.82, 2.24) is 18.8 Å². The Morgan fingerprint density at radius 2 is 1.81 bits per heavy atom. The van der Waals surface area contributed by atoms with Gasteiger partial charge in [0, 0.05) is 57.2 Å². The topological polar surface area (TPSA) is 87.5 Å². The van der Waals surface area contributed by atoms with E-state index in [9.17, 15) is 13.2 Å². The maximum atomic E-state index is 13.7. The molecule has 0 spiro atoms. The van der Waals surface area contributed by atoms with Gasteiger partial charge < -0.3 is 9.88 Å². The molecule has 0 amide bonds. The van der Waals surface area contributed by atoms with E-state index in [4.69, 9.17) is 11.6 Å². The van der Waals surface area contributed by atoms with Crippen molar-refractivity contribution in [2.45, 2.75) is 38.3 Å². The minimum Gasteiger partial charge on any atom is -0.365 e. The lowest BCUT2D eigenvalue weighted by atomic mass is 10.1. The summed E-state index contributed by atoms with van der Waals surface area (Å²) < 4.78 is 30.5. The molecule has 0 bridgehead atoms. The summed E-state index contributed by atoms with van der Waals surface area (Å²) in [5, 5.41) is 3.33. The number of pyridine rings is 2. The van der Waals surface area contributed by atoms with E-state index in [0.717, 1.165) is 30.8 Å². The molecule has 1 saturated heterocycles. The number of sulfonamides is 1. The fourth-order valence-corrected chi connectivity index (χ4v) is 6.33. The Hall–Kier alpha value is -2.72. The zero-order valence-corrected chi connectivity index (χ0v) is 22.4. The van der Waals surface area contributed by atoms with Gasteiger partial charge in [-0.1, -0.05) is 41.9 Å². The summed E-state index contributed by atoms with van der Waals surface area (Å²) in [5.74, 6) is 0.187.